The SMILES string of the molecule is COc1cccc(C[C@@H](C2CCN(Cc3c(F)ccc(F)c3F)CC2)N(C)C(=O)c2ccccn2)c1. The molecule has 8 heteroatoms. The van der Waals surface area contributed by atoms with Crippen molar-refractivity contribution < 1.29 is 22.7 Å². The lowest BCUT2D eigenvalue weighted by Crippen LogP contribution is -2.47. The fraction of sp³-hybridized carbons (Fsp3) is 0.357. The van der Waals surface area contributed by atoms with Crippen LogP contribution >= 0.6 is 0 Å². The van der Waals surface area contributed by atoms with E-state index in [1.54, 1.807) is 43.5 Å². The van der Waals surface area contributed by atoms with E-state index in [1.165, 1.54) is 0 Å². The van der Waals surface area contributed by atoms with Crippen LogP contribution in [-0.4, -0.2) is 54.0 Å². The summed E-state index contributed by atoms with van der Waals surface area (Å²) in [6.45, 7) is 1.17. The van der Waals surface area contributed by atoms with E-state index in [0.29, 0.717) is 25.2 Å². The topological polar surface area (TPSA) is 45.7 Å². The van der Waals surface area contributed by atoms with Gasteiger partial charge in [0.15, 0.2) is 11.6 Å². The lowest BCUT2D eigenvalue weighted by molar-refractivity contribution is 0.0577. The Morgan fingerprint density at radius 1 is 1.08 bits per heavy atom. The van der Waals surface area contributed by atoms with Gasteiger partial charge in [0, 0.05) is 31.4 Å². The molecular weight excluding hydrogens is 467 g/mol. The second kappa shape index (κ2) is 11.6. The molecule has 0 spiro atoms. The molecule has 2 heterocycles. The fourth-order valence-electron chi connectivity index (χ4n) is 4.91. The molecule has 1 aliphatic rings. The molecule has 0 radical (unpaired) electrons. The number of likely N-dealkylation sites (tertiary alicyclic amines) is 1. The highest BCUT2D eigenvalue weighted by Gasteiger charge is 2.33. The standard InChI is InChI=1S/C28H30F3N3O2/c1-33(28(35)25-8-3-4-13-32-25)26(17-19-6-5-7-21(16-19)36-2)20-11-14-34(15-12-20)18-22-23(29)9-10-24(30)27(22)31/h3-10,13,16,20,26H,11-12,14-15,17-18H2,1-2H3/t26-/m0/s1. The highest BCUT2D eigenvalue weighted by atomic mass is 19.2. The van der Waals surface area contributed by atoms with E-state index in [9.17, 15) is 18.0 Å². The van der Waals surface area contributed by atoms with Gasteiger partial charge in [-0.15, -0.1) is 0 Å². The zero-order valence-electron chi connectivity index (χ0n) is 20.5. The summed E-state index contributed by atoms with van der Waals surface area (Å²) < 4.78 is 47.3. The van der Waals surface area contributed by atoms with Crippen LogP contribution in [0.1, 0.15) is 34.5 Å². The second-order valence-corrected chi connectivity index (χ2v) is 9.19. The van der Waals surface area contributed by atoms with Crippen LogP contribution in [0.3, 0.4) is 0 Å². The Morgan fingerprint density at radius 2 is 1.83 bits per heavy atom. The number of methoxy groups -OCH3 is 1. The largest absolute Gasteiger partial charge is 0.497 e. The molecule has 1 amide bonds. The lowest BCUT2D eigenvalue weighted by Gasteiger charge is -2.40. The van der Waals surface area contributed by atoms with E-state index in [0.717, 1.165) is 36.3 Å². The molecule has 0 saturated carbocycles. The zero-order chi connectivity index (χ0) is 25.7. The number of piperidine rings is 1. The first-order chi connectivity index (χ1) is 17.4. The number of likely N-dealkylation sites (N-methyl/N-ethyl adjacent to an activating group) is 1. The number of rotatable bonds is 8. The molecule has 1 atom stereocenters. The molecule has 0 unspecified atom stereocenters. The number of ether oxygens (including phenoxy) is 1. The van der Waals surface area contributed by atoms with E-state index < -0.39 is 17.5 Å². The Hall–Kier alpha value is -3.39. The number of nitrogens with zero attached hydrogens (tertiary/aromatic N) is 3. The minimum atomic E-state index is -1.13. The van der Waals surface area contributed by atoms with Crippen molar-refractivity contribution in [2.24, 2.45) is 5.92 Å². The molecule has 4 rings (SSSR count). The molecule has 3 aromatic rings. The summed E-state index contributed by atoms with van der Waals surface area (Å²) in [6, 6.07) is 14.7. The summed E-state index contributed by atoms with van der Waals surface area (Å²) in [5, 5.41) is 0. The molecule has 0 aliphatic carbocycles. The quantitative estimate of drug-likeness (QED) is 0.406. The van der Waals surface area contributed by atoms with Gasteiger partial charge in [0.05, 0.1) is 7.11 Å². The van der Waals surface area contributed by atoms with Crippen LogP contribution in [0.15, 0.2) is 60.8 Å². The van der Waals surface area contributed by atoms with Gasteiger partial charge in [-0.1, -0.05) is 18.2 Å². The molecule has 0 N–H and O–H groups in total. The Labute approximate surface area is 209 Å². The van der Waals surface area contributed by atoms with Crippen molar-refractivity contribution in [1.82, 2.24) is 14.8 Å². The van der Waals surface area contributed by atoms with Crippen LogP contribution in [0.25, 0.3) is 0 Å². The summed E-state index contributed by atoms with van der Waals surface area (Å²) in [5.41, 5.74) is 1.18. The van der Waals surface area contributed by atoms with Crippen molar-refractivity contribution in [2.75, 3.05) is 27.2 Å². The number of benzene rings is 2. The molecule has 1 aliphatic heterocycles. The van der Waals surface area contributed by atoms with E-state index in [4.69, 9.17) is 4.74 Å². The van der Waals surface area contributed by atoms with Gasteiger partial charge in [0.2, 0.25) is 0 Å². The first-order valence-corrected chi connectivity index (χ1v) is 12.0. The number of pyridine rings is 1. The average molecular weight is 498 g/mol. The highest BCUT2D eigenvalue weighted by molar-refractivity contribution is 5.92. The van der Waals surface area contributed by atoms with Gasteiger partial charge >= 0.3 is 0 Å². The van der Waals surface area contributed by atoms with Crippen molar-refractivity contribution in [2.45, 2.75) is 31.8 Å². The Morgan fingerprint density at radius 3 is 2.53 bits per heavy atom. The molecule has 190 valence electrons. The Balaban J connectivity index is 1.51. The van der Waals surface area contributed by atoms with Crippen molar-refractivity contribution in [3.63, 3.8) is 0 Å². The predicted octanol–water partition coefficient (Wildman–Crippen LogP) is 5.10. The van der Waals surface area contributed by atoms with E-state index in [2.05, 4.69) is 4.98 Å². The average Bonchev–Trinajstić information content (AvgIpc) is 2.92. The summed E-state index contributed by atoms with van der Waals surface area (Å²) in [7, 11) is 3.42. The molecule has 36 heavy (non-hydrogen) atoms. The van der Waals surface area contributed by atoms with Gasteiger partial charge < -0.3 is 9.64 Å². The monoisotopic (exact) mass is 497 g/mol. The Bertz CT molecular complexity index is 1180. The van der Waals surface area contributed by atoms with Crippen LogP contribution < -0.4 is 4.74 Å². The van der Waals surface area contributed by atoms with Crippen LogP contribution in [-0.2, 0) is 13.0 Å². The maximum absolute atomic E-state index is 14.2. The minimum Gasteiger partial charge on any atom is -0.497 e. The number of hydrogen-bond acceptors (Lipinski definition) is 4. The van der Waals surface area contributed by atoms with Crippen molar-refractivity contribution in [1.29, 1.82) is 0 Å². The van der Waals surface area contributed by atoms with Crippen molar-refractivity contribution in [3.05, 3.63) is 95.1 Å². The Kier molecular flexibility index (Phi) is 8.25. The number of halogens is 3. The third kappa shape index (κ3) is 5.87. The molecule has 2 aromatic carbocycles. The van der Waals surface area contributed by atoms with Crippen LogP contribution in [0.5, 0.6) is 5.75 Å². The van der Waals surface area contributed by atoms with Crippen LogP contribution in [0.4, 0.5) is 13.2 Å². The normalized spacial score (nSPS) is 15.5. The van der Waals surface area contributed by atoms with E-state index in [-0.39, 0.29) is 30.0 Å². The summed E-state index contributed by atoms with van der Waals surface area (Å²) in [5.74, 6) is -2.17. The van der Waals surface area contributed by atoms with E-state index in [1.807, 2.05) is 29.2 Å². The maximum Gasteiger partial charge on any atom is 0.272 e. The van der Waals surface area contributed by atoms with Crippen LogP contribution in [0, 0.1) is 23.4 Å². The molecule has 5 nitrogen and oxygen atoms in total. The minimum absolute atomic E-state index is 0.00536. The number of hydrogen-bond donors (Lipinski definition) is 0. The first kappa shape index (κ1) is 25.7. The van der Waals surface area contributed by atoms with Crippen molar-refractivity contribution in [3.8, 4) is 5.75 Å². The predicted molar refractivity (Wildman–Crippen MR) is 131 cm³/mol. The number of amides is 1. The van der Waals surface area contributed by atoms with Gasteiger partial charge in [-0.3, -0.25) is 14.7 Å². The third-order valence-corrected chi connectivity index (χ3v) is 6.98. The summed E-state index contributed by atoms with van der Waals surface area (Å²) in [6.07, 6.45) is 3.69. The fourth-order valence-corrected chi connectivity index (χ4v) is 4.91. The van der Waals surface area contributed by atoms with Gasteiger partial charge in [0.25, 0.3) is 5.91 Å². The van der Waals surface area contributed by atoms with Crippen LogP contribution in [0.2, 0.25) is 0 Å². The molecule has 1 fully saturated rings. The molecule has 1 saturated heterocycles. The number of carbonyl (C=O) groups is 1. The van der Waals surface area contributed by atoms with Crippen molar-refractivity contribution >= 4 is 5.91 Å². The van der Waals surface area contributed by atoms with Gasteiger partial charge in [-0.2, -0.15) is 0 Å². The van der Waals surface area contributed by atoms with Gasteiger partial charge in [0.1, 0.15) is 17.3 Å². The summed E-state index contributed by atoms with van der Waals surface area (Å²) >= 11 is 0. The van der Waals surface area contributed by atoms with E-state index >= 15 is 0 Å². The highest BCUT2D eigenvalue weighted by Crippen LogP contribution is 2.29. The first-order valence-electron chi connectivity index (χ1n) is 12.0. The molecular formula is C28H30F3N3O2. The molecule has 1 aromatic heterocycles. The summed E-state index contributed by atoms with van der Waals surface area (Å²) in [4.78, 5) is 21.2. The molecule has 0 bridgehead atoms. The van der Waals surface area contributed by atoms with Gasteiger partial charge in [-0.05, 0) is 80.2 Å². The maximum atomic E-state index is 14.2. The lowest BCUT2D eigenvalue weighted by atomic mass is 9.84. The third-order valence-electron chi connectivity index (χ3n) is 6.98. The van der Waals surface area contributed by atoms with Gasteiger partial charge in [-0.25, -0.2) is 13.2 Å². The number of carbonyl (C=O) groups excluding carboxylic acids is 1. The second-order valence-electron chi connectivity index (χ2n) is 9.19. The number of aromatic nitrogens is 1. The smallest absolute Gasteiger partial charge is 0.272 e. The zero-order valence-corrected chi connectivity index (χ0v) is 20.5.